The molecule has 3 aromatic heterocycles. The highest BCUT2D eigenvalue weighted by molar-refractivity contribution is 5.89. The summed E-state index contributed by atoms with van der Waals surface area (Å²) in [6.45, 7) is -0.695. The van der Waals surface area contributed by atoms with Gasteiger partial charge in [0.05, 0.1) is 37.0 Å². The van der Waals surface area contributed by atoms with E-state index in [1.54, 1.807) is 18.2 Å². The quantitative estimate of drug-likeness (QED) is 0.329. The minimum Gasteiger partial charge on any atom is -0.479 e. The molecule has 0 radical (unpaired) electrons. The Morgan fingerprint density at radius 1 is 1.34 bits per heavy atom. The van der Waals surface area contributed by atoms with Crippen LogP contribution in [0, 0.1) is 5.82 Å². The number of aromatic nitrogens is 6. The molecule has 202 valence electrons. The fraction of sp³-hybridized carbons (Fsp3) is 0.435. The average Bonchev–Trinajstić information content (AvgIpc) is 3.46. The number of hydrogen-bond donors (Lipinski definition) is 2. The summed E-state index contributed by atoms with van der Waals surface area (Å²) in [6.07, 6.45) is -2.98. The van der Waals surface area contributed by atoms with Gasteiger partial charge in [0, 0.05) is 19.5 Å². The van der Waals surface area contributed by atoms with Crippen LogP contribution in [0.15, 0.2) is 24.4 Å². The minimum atomic E-state index is -2.50. The largest absolute Gasteiger partial charge is 0.479 e. The number of rotatable bonds is 8. The predicted octanol–water partition coefficient (Wildman–Crippen LogP) is 2.29. The van der Waals surface area contributed by atoms with Gasteiger partial charge in [0.15, 0.2) is 5.82 Å². The van der Waals surface area contributed by atoms with Crippen molar-refractivity contribution in [1.82, 2.24) is 34.5 Å². The maximum Gasteiger partial charge on any atom is 0.248 e. The molecule has 1 aliphatic heterocycles. The van der Waals surface area contributed by atoms with Crippen LogP contribution in [0.1, 0.15) is 12.8 Å². The Hall–Kier alpha value is -4.01. The first-order valence-electron chi connectivity index (χ1n) is 11.8. The Kier molecular flexibility index (Phi) is 7.01. The molecular weight excluding hydrogens is 512 g/mol. The highest BCUT2D eigenvalue weighted by Gasteiger charge is 2.32. The van der Waals surface area contributed by atoms with E-state index < -0.39 is 43.4 Å². The fourth-order valence-electron chi connectivity index (χ4n) is 4.56. The summed E-state index contributed by atoms with van der Waals surface area (Å²) in [5.74, 6) is -1.17. The number of fused-ring (bicyclic) bond motifs is 2. The van der Waals surface area contributed by atoms with Crippen molar-refractivity contribution in [2.45, 2.75) is 38.0 Å². The molecule has 2 N–H and O–H groups in total. The van der Waals surface area contributed by atoms with Gasteiger partial charge in [0.1, 0.15) is 23.8 Å². The van der Waals surface area contributed by atoms with Crippen molar-refractivity contribution >= 4 is 28.4 Å². The van der Waals surface area contributed by atoms with Crippen LogP contribution in [0.4, 0.5) is 23.5 Å². The number of carbonyl (C=O) groups excluding carboxylic acids is 1. The zero-order valence-electron chi connectivity index (χ0n) is 20.2. The van der Waals surface area contributed by atoms with Gasteiger partial charge in [-0.3, -0.25) is 4.79 Å². The summed E-state index contributed by atoms with van der Waals surface area (Å²) in [4.78, 5) is 17.2. The van der Waals surface area contributed by atoms with Crippen LogP contribution in [0.25, 0.3) is 27.7 Å². The number of nitrogens with zero attached hydrogens (tertiary/aromatic N) is 7. The number of likely N-dealkylation sites (tertiary alicyclic amines) is 1. The standard InChI is InChI=1S/C23H24F4N8O3/c1-38-22-21-20(12-2-3-16-17(8-12)34(32-30-16)7-5-18(26)27)14(25)10-35(21)31-23(29-22)28-15-4-6-33(9-13(15)24)19(37)11-36/h2-3,8,10,13,15,18,36H,4-7,9,11H2,1H3,(H,28,31)/t13-,15+/m1/s1. The number of aryl methyl sites for hydroxylation is 1. The SMILES string of the molecule is COc1nc(N[C@H]2CCN(C(=O)CO)C[C@H]2F)nn2cc(F)c(-c3ccc4nnn(CCC(F)F)c4c3)c12. The van der Waals surface area contributed by atoms with Crippen molar-refractivity contribution in [3.63, 3.8) is 0 Å². The van der Waals surface area contributed by atoms with Gasteiger partial charge in [-0.25, -0.2) is 26.8 Å². The second-order valence-electron chi connectivity index (χ2n) is 8.84. The highest BCUT2D eigenvalue weighted by atomic mass is 19.3. The number of methoxy groups -OCH3 is 1. The van der Waals surface area contributed by atoms with E-state index in [0.29, 0.717) is 16.6 Å². The van der Waals surface area contributed by atoms with Crippen LogP contribution in [0.3, 0.4) is 0 Å². The van der Waals surface area contributed by atoms with Gasteiger partial charge in [-0.2, -0.15) is 4.98 Å². The van der Waals surface area contributed by atoms with E-state index in [2.05, 4.69) is 25.7 Å². The molecule has 15 heteroatoms. The molecular formula is C23H24F4N8O3. The molecule has 4 aromatic rings. The average molecular weight is 536 g/mol. The molecule has 1 aliphatic rings. The smallest absolute Gasteiger partial charge is 0.248 e. The van der Waals surface area contributed by atoms with E-state index >= 15 is 4.39 Å². The van der Waals surface area contributed by atoms with Gasteiger partial charge in [-0.05, 0) is 24.1 Å². The van der Waals surface area contributed by atoms with Crippen LogP contribution in [-0.4, -0.2) is 91.0 Å². The number of anilines is 1. The first-order valence-corrected chi connectivity index (χ1v) is 11.8. The van der Waals surface area contributed by atoms with Gasteiger partial charge in [-0.15, -0.1) is 10.2 Å². The van der Waals surface area contributed by atoms with E-state index in [0.717, 1.165) is 6.20 Å². The van der Waals surface area contributed by atoms with Crippen molar-refractivity contribution in [3.05, 3.63) is 30.2 Å². The molecule has 5 rings (SSSR count). The van der Waals surface area contributed by atoms with Crippen LogP contribution < -0.4 is 10.1 Å². The molecule has 0 aliphatic carbocycles. The highest BCUT2D eigenvalue weighted by Crippen LogP contribution is 2.35. The maximum atomic E-state index is 15.3. The Bertz CT molecular complexity index is 1480. The number of nitrogens with one attached hydrogen (secondary N) is 1. The lowest BCUT2D eigenvalue weighted by Gasteiger charge is -2.34. The van der Waals surface area contributed by atoms with Gasteiger partial charge in [-0.1, -0.05) is 11.3 Å². The normalized spacial score (nSPS) is 18.0. The lowest BCUT2D eigenvalue weighted by atomic mass is 10.0. The molecule has 0 bridgehead atoms. The Balaban J connectivity index is 1.47. The van der Waals surface area contributed by atoms with E-state index in [1.165, 1.54) is 21.2 Å². The van der Waals surface area contributed by atoms with Crippen molar-refractivity contribution < 1.29 is 32.2 Å². The topological polar surface area (TPSA) is 123 Å². The number of alkyl halides is 3. The summed E-state index contributed by atoms with van der Waals surface area (Å²) in [5.41, 5.74) is 1.66. The third-order valence-corrected chi connectivity index (χ3v) is 6.45. The maximum absolute atomic E-state index is 15.3. The summed E-state index contributed by atoms with van der Waals surface area (Å²) in [7, 11) is 1.35. The van der Waals surface area contributed by atoms with Crippen LogP contribution in [0.5, 0.6) is 5.88 Å². The molecule has 1 fully saturated rings. The van der Waals surface area contributed by atoms with E-state index in [9.17, 15) is 18.0 Å². The van der Waals surface area contributed by atoms with Gasteiger partial charge >= 0.3 is 0 Å². The molecule has 38 heavy (non-hydrogen) atoms. The molecule has 1 saturated heterocycles. The number of carbonyl (C=O) groups is 1. The Morgan fingerprint density at radius 3 is 2.87 bits per heavy atom. The fourth-order valence-corrected chi connectivity index (χ4v) is 4.56. The Morgan fingerprint density at radius 2 is 2.16 bits per heavy atom. The van der Waals surface area contributed by atoms with Gasteiger partial charge in [0.2, 0.25) is 24.2 Å². The van der Waals surface area contributed by atoms with E-state index in [4.69, 9.17) is 9.84 Å². The number of aliphatic hydroxyl groups excluding tert-OH is 1. The number of benzene rings is 1. The van der Waals surface area contributed by atoms with Gasteiger partial charge in [0.25, 0.3) is 0 Å². The number of aliphatic hydroxyl groups is 1. The summed E-state index contributed by atoms with van der Waals surface area (Å²) in [6, 6.07) is 4.11. The third-order valence-electron chi connectivity index (χ3n) is 6.45. The second kappa shape index (κ2) is 10.4. The van der Waals surface area contributed by atoms with Crippen LogP contribution >= 0.6 is 0 Å². The van der Waals surface area contributed by atoms with E-state index in [-0.39, 0.29) is 49.0 Å². The molecule has 1 aromatic carbocycles. The van der Waals surface area contributed by atoms with E-state index in [1.807, 2.05) is 0 Å². The predicted molar refractivity (Wildman–Crippen MR) is 127 cm³/mol. The van der Waals surface area contributed by atoms with Crippen LogP contribution in [-0.2, 0) is 11.3 Å². The Labute approximate surface area is 213 Å². The van der Waals surface area contributed by atoms with Gasteiger partial charge < -0.3 is 20.1 Å². The molecule has 0 saturated carbocycles. The zero-order chi connectivity index (χ0) is 27.0. The number of ether oxygens (including phenoxy) is 1. The van der Waals surface area contributed by atoms with Crippen molar-refractivity contribution in [2.24, 2.45) is 0 Å². The molecule has 1 amide bonds. The third kappa shape index (κ3) is 4.80. The van der Waals surface area contributed by atoms with Crippen molar-refractivity contribution in [1.29, 1.82) is 0 Å². The monoisotopic (exact) mass is 536 g/mol. The first-order chi connectivity index (χ1) is 18.3. The van der Waals surface area contributed by atoms with Crippen molar-refractivity contribution in [2.75, 3.05) is 32.1 Å². The molecule has 4 heterocycles. The number of piperidine rings is 1. The summed E-state index contributed by atoms with van der Waals surface area (Å²) in [5, 5.41) is 24.1. The number of halogens is 4. The molecule has 0 unspecified atom stereocenters. The summed E-state index contributed by atoms with van der Waals surface area (Å²) >= 11 is 0. The molecule has 2 atom stereocenters. The lowest BCUT2D eigenvalue weighted by molar-refractivity contribution is -0.136. The zero-order valence-corrected chi connectivity index (χ0v) is 20.2. The van der Waals surface area contributed by atoms with Crippen LogP contribution in [0.2, 0.25) is 0 Å². The second-order valence-corrected chi connectivity index (χ2v) is 8.84. The lowest BCUT2D eigenvalue weighted by Crippen LogP contribution is -2.50. The minimum absolute atomic E-state index is 0.00443. The molecule has 0 spiro atoms. The van der Waals surface area contributed by atoms with Crippen molar-refractivity contribution in [3.8, 4) is 17.0 Å². The number of hydrogen-bond acceptors (Lipinski definition) is 8. The number of amides is 1. The first kappa shape index (κ1) is 25.6. The molecule has 11 nitrogen and oxygen atoms in total. The summed E-state index contributed by atoms with van der Waals surface area (Å²) < 4.78 is 63.4.